The predicted octanol–water partition coefficient (Wildman–Crippen LogP) is -0.748. The van der Waals surface area contributed by atoms with Crippen LogP contribution in [0.3, 0.4) is 0 Å². The average molecular weight is 326 g/mol. The Kier molecular flexibility index (Phi) is 6.61. The summed E-state index contributed by atoms with van der Waals surface area (Å²) in [6, 6.07) is 4.17. The van der Waals surface area contributed by atoms with Gasteiger partial charge in [0, 0.05) is 25.9 Å². The van der Waals surface area contributed by atoms with Crippen LogP contribution in [-0.4, -0.2) is 67.4 Å². The van der Waals surface area contributed by atoms with Crippen LogP contribution in [0.4, 0.5) is 0 Å². The van der Waals surface area contributed by atoms with Crippen molar-refractivity contribution in [1.29, 1.82) is 0 Å². The summed E-state index contributed by atoms with van der Waals surface area (Å²) in [4.78, 5) is 36.7. The number of carbonyl (C=O) groups excluding carboxylic acids is 1. The molecular weight excluding hydrogens is 308 g/mol. The molecule has 9 nitrogen and oxygen atoms in total. The van der Waals surface area contributed by atoms with Crippen molar-refractivity contribution in [2.24, 2.45) is 0 Å². The molecule has 0 radical (unpaired) electrons. The first-order valence-corrected chi connectivity index (χ1v) is 6.73. The third-order valence-corrected chi connectivity index (χ3v) is 3.37. The highest BCUT2D eigenvalue weighted by atomic mass is 16.4. The van der Waals surface area contributed by atoms with Crippen molar-refractivity contribution in [2.75, 3.05) is 7.05 Å². The molecule has 0 unspecified atom stereocenters. The van der Waals surface area contributed by atoms with Gasteiger partial charge in [-0.2, -0.15) is 0 Å². The molecule has 1 aromatic rings. The molecule has 0 spiro atoms. The summed E-state index contributed by atoms with van der Waals surface area (Å²) in [6.45, 7) is 0. The summed E-state index contributed by atoms with van der Waals surface area (Å²) in [5.74, 6) is -3.31. The van der Waals surface area contributed by atoms with E-state index in [1.807, 2.05) is 25.4 Å². The van der Waals surface area contributed by atoms with E-state index in [1.165, 1.54) is 0 Å². The van der Waals surface area contributed by atoms with Gasteiger partial charge in [0.25, 0.3) is 0 Å². The van der Waals surface area contributed by atoms with Crippen LogP contribution in [0.15, 0.2) is 24.5 Å². The van der Waals surface area contributed by atoms with Gasteiger partial charge in [-0.05, 0) is 18.1 Å². The van der Waals surface area contributed by atoms with Crippen molar-refractivity contribution in [3.63, 3.8) is 0 Å². The van der Waals surface area contributed by atoms with Gasteiger partial charge in [-0.15, -0.1) is 0 Å². The number of amides is 1. The molecule has 0 aliphatic carbocycles. The number of likely N-dealkylation sites (tertiary alicyclic amines) is 1. The fourth-order valence-corrected chi connectivity index (χ4v) is 2.04. The lowest BCUT2D eigenvalue weighted by molar-refractivity contribution is -0.165. The number of hydrogen-bond acceptors (Lipinski definition) is 6. The van der Waals surface area contributed by atoms with E-state index in [4.69, 9.17) is 20.4 Å². The first-order chi connectivity index (χ1) is 10.8. The molecule has 0 saturated carbocycles. The van der Waals surface area contributed by atoms with E-state index in [-0.39, 0.29) is 11.9 Å². The molecule has 2 heterocycles. The number of nitrogens with zero attached hydrogens (tertiary/aromatic N) is 2. The minimum absolute atomic E-state index is 0.230. The van der Waals surface area contributed by atoms with Crippen LogP contribution < -0.4 is 0 Å². The van der Waals surface area contributed by atoms with Crippen LogP contribution in [0, 0.1) is 0 Å². The van der Waals surface area contributed by atoms with Crippen molar-refractivity contribution in [3.8, 4) is 0 Å². The fourth-order valence-electron chi connectivity index (χ4n) is 2.04. The summed E-state index contributed by atoms with van der Waals surface area (Å²) in [5.41, 5.74) is 1.14. The Morgan fingerprint density at radius 3 is 2.17 bits per heavy atom. The van der Waals surface area contributed by atoms with Crippen molar-refractivity contribution in [1.82, 2.24) is 9.88 Å². The molecule has 1 aliphatic heterocycles. The van der Waals surface area contributed by atoms with Crippen LogP contribution in [-0.2, 0) is 14.4 Å². The molecule has 1 aliphatic rings. The van der Waals surface area contributed by atoms with E-state index in [1.54, 1.807) is 11.1 Å². The molecule has 2 rings (SSSR count). The number of hydrogen-bond donors (Lipinski definition) is 4. The number of pyridine rings is 1. The van der Waals surface area contributed by atoms with Gasteiger partial charge in [-0.1, -0.05) is 6.07 Å². The number of rotatable bonds is 4. The lowest BCUT2D eigenvalue weighted by atomic mass is 10.1. The lowest BCUT2D eigenvalue weighted by Gasteiger charge is -2.19. The zero-order valence-corrected chi connectivity index (χ0v) is 12.4. The van der Waals surface area contributed by atoms with Crippen molar-refractivity contribution >= 4 is 17.8 Å². The van der Waals surface area contributed by atoms with Gasteiger partial charge >= 0.3 is 11.9 Å². The summed E-state index contributed by atoms with van der Waals surface area (Å²) in [5, 5.41) is 32.5. The second kappa shape index (κ2) is 8.20. The van der Waals surface area contributed by atoms with Crippen LogP contribution in [0.1, 0.15) is 24.4 Å². The largest absolute Gasteiger partial charge is 0.479 e. The molecule has 0 bridgehead atoms. The Morgan fingerprint density at radius 2 is 1.83 bits per heavy atom. The fraction of sp³-hybridized carbons (Fsp3) is 0.429. The van der Waals surface area contributed by atoms with E-state index in [0.29, 0.717) is 6.42 Å². The maximum Gasteiger partial charge on any atom is 0.335 e. The number of aliphatic hydroxyl groups excluding tert-OH is 2. The first-order valence-electron chi connectivity index (χ1n) is 6.73. The highest BCUT2D eigenvalue weighted by Crippen LogP contribution is 2.30. The predicted molar refractivity (Wildman–Crippen MR) is 76.3 cm³/mol. The second-order valence-electron chi connectivity index (χ2n) is 4.91. The maximum atomic E-state index is 11.3. The van der Waals surface area contributed by atoms with Gasteiger partial charge < -0.3 is 25.3 Å². The van der Waals surface area contributed by atoms with Gasteiger partial charge in [0.1, 0.15) is 0 Å². The third kappa shape index (κ3) is 5.01. The molecule has 23 heavy (non-hydrogen) atoms. The Labute approximate surface area is 131 Å². The minimum atomic E-state index is -2.27. The molecular formula is C14H18N2O7. The Hall–Kier alpha value is -2.52. The second-order valence-corrected chi connectivity index (χ2v) is 4.91. The van der Waals surface area contributed by atoms with Crippen molar-refractivity contribution in [2.45, 2.75) is 31.1 Å². The third-order valence-electron chi connectivity index (χ3n) is 3.37. The van der Waals surface area contributed by atoms with E-state index < -0.39 is 24.1 Å². The van der Waals surface area contributed by atoms with Crippen molar-refractivity contribution in [3.05, 3.63) is 30.1 Å². The topological polar surface area (TPSA) is 148 Å². The Bertz CT molecular complexity index is 546. The van der Waals surface area contributed by atoms with E-state index in [2.05, 4.69) is 4.98 Å². The summed E-state index contributed by atoms with van der Waals surface area (Å²) < 4.78 is 0. The molecule has 0 aromatic carbocycles. The van der Waals surface area contributed by atoms with Gasteiger partial charge in [-0.3, -0.25) is 9.78 Å². The van der Waals surface area contributed by atoms with Gasteiger partial charge in [0.05, 0.1) is 6.04 Å². The summed E-state index contributed by atoms with van der Waals surface area (Å²) >= 11 is 0. The molecule has 1 fully saturated rings. The van der Waals surface area contributed by atoms with Crippen LogP contribution >= 0.6 is 0 Å². The number of carboxylic acids is 2. The number of carbonyl (C=O) groups is 3. The molecule has 126 valence electrons. The zero-order valence-electron chi connectivity index (χ0n) is 12.4. The number of carboxylic acid groups (broad SMARTS) is 2. The monoisotopic (exact) mass is 326 g/mol. The van der Waals surface area contributed by atoms with Crippen LogP contribution in [0.25, 0.3) is 0 Å². The van der Waals surface area contributed by atoms with E-state index in [9.17, 15) is 14.4 Å². The number of aliphatic hydroxyl groups is 2. The van der Waals surface area contributed by atoms with Crippen molar-refractivity contribution < 1.29 is 34.8 Å². The van der Waals surface area contributed by atoms with Crippen LogP contribution in [0.5, 0.6) is 0 Å². The maximum absolute atomic E-state index is 11.3. The smallest absolute Gasteiger partial charge is 0.335 e. The van der Waals surface area contributed by atoms with Crippen LogP contribution in [0.2, 0.25) is 0 Å². The number of aliphatic carboxylic acids is 2. The van der Waals surface area contributed by atoms with E-state index in [0.717, 1.165) is 12.0 Å². The summed E-state index contributed by atoms with van der Waals surface area (Å²) in [7, 11) is 1.85. The lowest BCUT2D eigenvalue weighted by Crippen LogP contribution is -2.39. The normalized spacial score (nSPS) is 19.5. The minimum Gasteiger partial charge on any atom is -0.479 e. The molecule has 9 heteroatoms. The highest BCUT2D eigenvalue weighted by molar-refractivity contribution is 5.83. The zero-order chi connectivity index (χ0) is 17.6. The Balaban J connectivity index is 0.000000241. The van der Waals surface area contributed by atoms with E-state index >= 15 is 0 Å². The highest BCUT2D eigenvalue weighted by Gasteiger charge is 2.29. The SMILES string of the molecule is CN1C(=O)CC[C@H]1c1cccnc1.O=C(O)[C@H](O)[C@@H](O)C(=O)O. The molecule has 1 saturated heterocycles. The Morgan fingerprint density at radius 1 is 1.26 bits per heavy atom. The van der Waals surface area contributed by atoms with Gasteiger partial charge in [-0.25, -0.2) is 9.59 Å². The first kappa shape index (κ1) is 18.5. The number of aromatic nitrogens is 1. The molecule has 1 aromatic heterocycles. The standard InChI is InChI=1S/C10H12N2O.C4H6O6/c1-12-9(4-5-10(12)13)8-3-2-6-11-7-8;5-1(3(7)8)2(6)4(9)10/h2-3,6-7,9H,4-5H2,1H3;1-2,5-6H,(H,7,8)(H,9,10)/t9-;1-,2-/m01/s1. The van der Waals surface area contributed by atoms with Gasteiger partial charge in [0.15, 0.2) is 12.2 Å². The average Bonchev–Trinajstić information content (AvgIpc) is 2.86. The molecule has 4 N–H and O–H groups in total. The molecule has 3 atom stereocenters. The van der Waals surface area contributed by atoms with Gasteiger partial charge in [0.2, 0.25) is 5.91 Å². The summed E-state index contributed by atoms with van der Waals surface area (Å²) in [6.07, 6.45) is 0.631. The molecule has 1 amide bonds. The quantitative estimate of drug-likeness (QED) is 0.565.